The van der Waals surface area contributed by atoms with Crippen LogP contribution in [-0.4, -0.2) is 5.71 Å². The molecule has 0 aliphatic heterocycles. The number of rotatable bonds is 7. The molecule has 0 bridgehead atoms. The average Bonchev–Trinajstić information content (AvgIpc) is 2.68. The fraction of sp³-hybridized carbons (Fsp3) is 0.130. The van der Waals surface area contributed by atoms with Crippen LogP contribution in [0.25, 0.3) is 12.2 Å². The minimum Gasteiger partial charge on any atom is -0.277 e. The van der Waals surface area contributed by atoms with E-state index in [-0.39, 0.29) is 0 Å². The fourth-order valence-corrected chi connectivity index (χ4v) is 2.42. The number of anilines is 1. The van der Waals surface area contributed by atoms with Crippen LogP contribution in [0.4, 0.5) is 5.69 Å². The third-order valence-corrected chi connectivity index (χ3v) is 3.96. The van der Waals surface area contributed by atoms with Gasteiger partial charge in [-0.05, 0) is 42.2 Å². The van der Waals surface area contributed by atoms with Crippen LogP contribution in [0.5, 0.6) is 0 Å². The van der Waals surface area contributed by atoms with Crippen molar-refractivity contribution in [3.05, 3.63) is 89.5 Å². The molecule has 0 aromatic heterocycles. The van der Waals surface area contributed by atoms with Crippen molar-refractivity contribution in [1.82, 2.24) is 0 Å². The summed E-state index contributed by atoms with van der Waals surface area (Å²) in [7, 11) is 0. The largest absolute Gasteiger partial charge is 0.277 e. The number of hydrazone groups is 1. The molecule has 0 fully saturated rings. The summed E-state index contributed by atoms with van der Waals surface area (Å²) in [6, 6.07) is 16.3. The number of hydrogen-bond donors (Lipinski definition) is 1. The van der Waals surface area contributed by atoms with Crippen molar-refractivity contribution in [2.45, 2.75) is 20.3 Å². The van der Waals surface area contributed by atoms with Gasteiger partial charge < -0.3 is 0 Å². The van der Waals surface area contributed by atoms with Crippen molar-refractivity contribution in [2.75, 3.05) is 5.43 Å². The highest BCUT2D eigenvalue weighted by Crippen LogP contribution is 2.21. The summed E-state index contributed by atoms with van der Waals surface area (Å²) in [6.45, 7) is 7.86. The number of nitrogens with one attached hydrogen (secondary N) is 1. The molecule has 0 atom stereocenters. The van der Waals surface area contributed by atoms with E-state index in [4.69, 9.17) is 0 Å². The Hall–Kier alpha value is -3.38. The molecule has 130 valence electrons. The van der Waals surface area contributed by atoms with Gasteiger partial charge in [0.25, 0.3) is 0 Å². The highest BCUT2D eigenvalue weighted by molar-refractivity contribution is 6.09. The topological polar surface area (TPSA) is 48.2 Å². The highest BCUT2D eigenvalue weighted by atomic mass is 15.3. The van der Waals surface area contributed by atoms with Gasteiger partial charge in [-0.25, -0.2) is 0 Å². The van der Waals surface area contributed by atoms with Crippen molar-refractivity contribution in [1.29, 1.82) is 5.26 Å². The van der Waals surface area contributed by atoms with Crippen LogP contribution < -0.4 is 5.43 Å². The van der Waals surface area contributed by atoms with Crippen LogP contribution in [0.1, 0.15) is 29.2 Å². The molecule has 2 rings (SSSR count). The average molecular weight is 341 g/mol. The molecular formula is C23H23N3. The number of hydrogen-bond acceptors (Lipinski definition) is 3. The van der Waals surface area contributed by atoms with Gasteiger partial charge >= 0.3 is 0 Å². The number of benzene rings is 2. The zero-order chi connectivity index (χ0) is 18.8. The normalized spacial score (nSPS) is 11.7. The van der Waals surface area contributed by atoms with Gasteiger partial charge in [-0.15, -0.1) is 0 Å². The molecule has 0 aliphatic carbocycles. The number of nitrogens with zero attached hydrogens (tertiary/aromatic N) is 2. The van der Waals surface area contributed by atoms with Gasteiger partial charge in [-0.2, -0.15) is 10.4 Å². The molecule has 0 saturated heterocycles. The first-order valence-corrected chi connectivity index (χ1v) is 8.57. The Kier molecular flexibility index (Phi) is 7.15. The zero-order valence-electron chi connectivity index (χ0n) is 15.2. The number of aryl methyl sites for hydroxylation is 2. The number of nitriles is 1. The van der Waals surface area contributed by atoms with Crippen molar-refractivity contribution in [3.8, 4) is 6.07 Å². The van der Waals surface area contributed by atoms with Crippen molar-refractivity contribution < 1.29 is 0 Å². The second-order valence-corrected chi connectivity index (χ2v) is 5.78. The van der Waals surface area contributed by atoms with Crippen LogP contribution in [0.2, 0.25) is 0 Å². The maximum absolute atomic E-state index is 9.33. The molecular weight excluding hydrogens is 318 g/mol. The Morgan fingerprint density at radius 1 is 1.19 bits per heavy atom. The lowest BCUT2D eigenvalue weighted by Crippen LogP contribution is -1.98. The summed E-state index contributed by atoms with van der Waals surface area (Å²) in [4.78, 5) is 0. The molecule has 2 aromatic rings. The fourth-order valence-electron chi connectivity index (χ4n) is 2.42. The molecule has 0 spiro atoms. The lowest BCUT2D eigenvalue weighted by molar-refractivity contribution is 1.14. The zero-order valence-corrected chi connectivity index (χ0v) is 15.2. The molecule has 0 amide bonds. The molecule has 0 aliphatic rings. The second kappa shape index (κ2) is 9.80. The van der Waals surface area contributed by atoms with E-state index in [1.165, 1.54) is 5.56 Å². The third-order valence-electron chi connectivity index (χ3n) is 3.96. The van der Waals surface area contributed by atoms with Crippen LogP contribution in [0.3, 0.4) is 0 Å². The van der Waals surface area contributed by atoms with E-state index in [0.29, 0.717) is 5.71 Å². The first kappa shape index (κ1) is 19.0. The minimum absolute atomic E-state index is 0.310. The van der Waals surface area contributed by atoms with E-state index in [1.807, 2.05) is 55.5 Å². The Balaban J connectivity index is 2.18. The van der Waals surface area contributed by atoms with Crippen LogP contribution in [0.15, 0.2) is 72.4 Å². The summed E-state index contributed by atoms with van der Waals surface area (Å²) in [5.41, 5.74) is 8.62. The Morgan fingerprint density at radius 3 is 2.62 bits per heavy atom. The van der Waals surface area contributed by atoms with Crippen LogP contribution >= 0.6 is 0 Å². The van der Waals surface area contributed by atoms with Gasteiger partial charge in [-0.3, -0.25) is 5.43 Å². The molecule has 0 unspecified atom stereocenters. The van der Waals surface area contributed by atoms with Crippen molar-refractivity contribution in [2.24, 2.45) is 5.10 Å². The van der Waals surface area contributed by atoms with E-state index >= 15 is 0 Å². The lowest BCUT2D eigenvalue weighted by atomic mass is 10.1. The summed E-state index contributed by atoms with van der Waals surface area (Å²) in [5.74, 6) is 0. The Labute approximate surface area is 155 Å². The summed E-state index contributed by atoms with van der Waals surface area (Å²) in [5, 5.41) is 13.6. The van der Waals surface area contributed by atoms with Gasteiger partial charge in [0.15, 0.2) is 5.71 Å². The summed E-state index contributed by atoms with van der Waals surface area (Å²) < 4.78 is 0. The maximum Gasteiger partial charge on any atom is 0.160 e. The molecule has 26 heavy (non-hydrogen) atoms. The van der Waals surface area contributed by atoms with Gasteiger partial charge in [-0.1, -0.05) is 74.2 Å². The third kappa shape index (κ3) is 5.32. The van der Waals surface area contributed by atoms with Crippen molar-refractivity contribution >= 4 is 23.6 Å². The predicted molar refractivity (Wildman–Crippen MR) is 112 cm³/mol. The summed E-state index contributed by atoms with van der Waals surface area (Å²) >= 11 is 0. The van der Waals surface area contributed by atoms with E-state index in [0.717, 1.165) is 28.8 Å². The molecule has 0 heterocycles. The van der Waals surface area contributed by atoms with Crippen LogP contribution in [0, 0.1) is 18.3 Å². The van der Waals surface area contributed by atoms with Gasteiger partial charge in [0, 0.05) is 5.56 Å². The Morgan fingerprint density at radius 2 is 1.96 bits per heavy atom. The van der Waals surface area contributed by atoms with E-state index in [9.17, 15) is 5.26 Å². The monoisotopic (exact) mass is 341 g/mol. The maximum atomic E-state index is 9.33. The molecule has 3 nitrogen and oxygen atoms in total. The Bertz CT molecular complexity index is 879. The van der Waals surface area contributed by atoms with E-state index in [1.54, 1.807) is 12.2 Å². The van der Waals surface area contributed by atoms with E-state index < -0.39 is 0 Å². The minimum atomic E-state index is 0.310. The van der Waals surface area contributed by atoms with Crippen molar-refractivity contribution in [3.63, 3.8) is 0 Å². The molecule has 1 N–H and O–H groups in total. The molecule has 0 radical (unpaired) electrons. The lowest BCUT2D eigenvalue weighted by Gasteiger charge is -2.08. The standard InChI is InChI=1S/C23H23N3/c1-4-6-9-22-18(3)8-7-10-23(22)26-25-21(17-24)16-15-20-13-11-19(5-2)12-14-20/h4,6-16,26H,1,5H2,2-3H3/b9-6-,16-15+,25-21+. The second-order valence-electron chi connectivity index (χ2n) is 5.78. The predicted octanol–water partition coefficient (Wildman–Crippen LogP) is 5.76. The molecule has 2 aromatic carbocycles. The molecule has 3 heteroatoms. The molecule has 0 saturated carbocycles. The van der Waals surface area contributed by atoms with Gasteiger partial charge in [0.2, 0.25) is 0 Å². The first-order chi connectivity index (χ1) is 12.7. The quantitative estimate of drug-likeness (QED) is 0.395. The van der Waals surface area contributed by atoms with Crippen LogP contribution in [-0.2, 0) is 6.42 Å². The first-order valence-electron chi connectivity index (χ1n) is 8.57. The van der Waals surface area contributed by atoms with E-state index in [2.05, 4.69) is 42.2 Å². The SMILES string of the molecule is C=C/C=C\c1c(C)cccc1N/N=C(C#N)\C=C\c1ccc(CC)cc1. The van der Waals surface area contributed by atoms with Gasteiger partial charge in [0.05, 0.1) is 5.69 Å². The number of allylic oxidation sites excluding steroid dienone is 3. The summed E-state index contributed by atoms with van der Waals surface area (Å²) in [6.07, 6.45) is 10.2. The smallest absolute Gasteiger partial charge is 0.160 e. The van der Waals surface area contributed by atoms with Gasteiger partial charge in [0.1, 0.15) is 6.07 Å². The highest BCUT2D eigenvalue weighted by Gasteiger charge is 2.02.